The van der Waals surface area contributed by atoms with E-state index < -0.39 is 12.1 Å². The molecular formula is C16H25F3N2O. The van der Waals surface area contributed by atoms with E-state index in [9.17, 15) is 18.0 Å². The number of hydrogen-bond donors (Lipinski definition) is 1. The van der Waals surface area contributed by atoms with Crippen molar-refractivity contribution >= 4 is 6.03 Å². The number of carbonyl (C=O) groups is 1. The molecule has 2 amide bonds. The molecule has 2 bridgehead atoms. The summed E-state index contributed by atoms with van der Waals surface area (Å²) in [6.07, 6.45) is 1.35. The van der Waals surface area contributed by atoms with Crippen LogP contribution in [-0.4, -0.2) is 36.2 Å². The molecule has 0 aromatic carbocycles. The van der Waals surface area contributed by atoms with Crippen molar-refractivity contribution in [2.75, 3.05) is 13.1 Å². The number of amides is 2. The van der Waals surface area contributed by atoms with Gasteiger partial charge in [-0.2, -0.15) is 13.2 Å². The van der Waals surface area contributed by atoms with E-state index in [0.717, 1.165) is 12.3 Å². The van der Waals surface area contributed by atoms with Gasteiger partial charge in [-0.3, -0.25) is 0 Å². The number of hydrogen-bond acceptors (Lipinski definition) is 1. The van der Waals surface area contributed by atoms with Crippen molar-refractivity contribution in [2.45, 2.75) is 57.7 Å². The zero-order valence-corrected chi connectivity index (χ0v) is 13.0. The first-order chi connectivity index (χ1) is 10.3. The van der Waals surface area contributed by atoms with Crippen molar-refractivity contribution in [1.29, 1.82) is 0 Å². The molecule has 1 N–H and O–H groups in total. The van der Waals surface area contributed by atoms with Crippen LogP contribution in [0.25, 0.3) is 0 Å². The first kappa shape index (κ1) is 15.9. The van der Waals surface area contributed by atoms with E-state index in [2.05, 4.69) is 5.32 Å². The first-order valence-corrected chi connectivity index (χ1v) is 8.46. The van der Waals surface area contributed by atoms with E-state index in [1.807, 2.05) is 6.92 Å². The lowest BCUT2D eigenvalue weighted by Gasteiger charge is -2.36. The molecule has 0 unspecified atom stereocenters. The number of piperidine rings is 1. The maximum Gasteiger partial charge on any atom is 0.393 e. The lowest BCUT2D eigenvalue weighted by molar-refractivity contribution is -0.184. The third-order valence-electron chi connectivity index (χ3n) is 5.96. The summed E-state index contributed by atoms with van der Waals surface area (Å²) in [5.41, 5.74) is 0. The third kappa shape index (κ3) is 3.20. The summed E-state index contributed by atoms with van der Waals surface area (Å²) >= 11 is 0. The van der Waals surface area contributed by atoms with Gasteiger partial charge in [0.2, 0.25) is 0 Å². The van der Waals surface area contributed by atoms with Crippen LogP contribution in [0.4, 0.5) is 18.0 Å². The highest BCUT2D eigenvalue weighted by Gasteiger charge is 2.44. The van der Waals surface area contributed by atoms with Gasteiger partial charge in [0, 0.05) is 19.1 Å². The molecule has 3 nitrogen and oxygen atoms in total. The van der Waals surface area contributed by atoms with Gasteiger partial charge < -0.3 is 10.2 Å². The van der Waals surface area contributed by atoms with E-state index in [-0.39, 0.29) is 25.0 Å². The second-order valence-corrected chi connectivity index (χ2v) is 7.40. The van der Waals surface area contributed by atoms with E-state index in [1.165, 1.54) is 24.2 Å². The number of likely N-dealkylation sites (tertiary alicyclic amines) is 1. The van der Waals surface area contributed by atoms with Gasteiger partial charge >= 0.3 is 12.2 Å². The second kappa shape index (κ2) is 5.93. The molecule has 1 heterocycles. The molecule has 1 aliphatic heterocycles. The predicted molar refractivity (Wildman–Crippen MR) is 77.3 cm³/mol. The summed E-state index contributed by atoms with van der Waals surface area (Å²) < 4.78 is 38.5. The largest absolute Gasteiger partial charge is 0.393 e. The highest BCUT2D eigenvalue weighted by molar-refractivity contribution is 5.74. The predicted octanol–water partition coefficient (Wildman–Crippen LogP) is 3.80. The van der Waals surface area contributed by atoms with Gasteiger partial charge in [-0.25, -0.2) is 4.79 Å². The van der Waals surface area contributed by atoms with Crippen LogP contribution >= 0.6 is 0 Å². The van der Waals surface area contributed by atoms with Crippen molar-refractivity contribution in [3.05, 3.63) is 0 Å². The first-order valence-electron chi connectivity index (χ1n) is 8.46. The Kier molecular flexibility index (Phi) is 4.29. The molecule has 2 aliphatic carbocycles. The average Bonchev–Trinajstić information content (AvgIpc) is 3.09. The van der Waals surface area contributed by atoms with Gasteiger partial charge in [-0.15, -0.1) is 0 Å². The number of alkyl halides is 3. The minimum Gasteiger partial charge on any atom is -0.335 e. The van der Waals surface area contributed by atoms with Crippen LogP contribution < -0.4 is 5.32 Å². The molecule has 3 fully saturated rings. The summed E-state index contributed by atoms with van der Waals surface area (Å²) in [6.45, 7) is 2.25. The molecule has 0 radical (unpaired) electrons. The average molecular weight is 318 g/mol. The monoisotopic (exact) mass is 318 g/mol. The fourth-order valence-corrected chi connectivity index (χ4v) is 4.73. The van der Waals surface area contributed by atoms with E-state index >= 15 is 0 Å². The van der Waals surface area contributed by atoms with Gasteiger partial charge in [-0.05, 0) is 56.8 Å². The topological polar surface area (TPSA) is 32.3 Å². The van der Waals surface area contributed by atoms with Gasteiger partial charge in [0.25, 0.3) is 0 Å². The molecule has 22 heavy (non-hydrogen) atoms. The number of carbonyl (C=O) groups excluding carboxylic acids is 1. The Morgan fingerprint density at radius 3 is 2.59 bits per heavy atom. The number of fused-ring (bicyclic) bond motifs is 2. The normalized spacial score (nSPS) is 36.5. The van der Waals surface area contributed by atoms with Gasteiger partial charge in [0.15, 0.2) is 0 Å². The Labute approximate surface area is 129 Å². The summed E-state index contributed by atoms with van der Waals surface area (Å²) in [6, 6.07) is -0.252. The molecule has 6 heteroatoms. The number of urea groups is 1. The van der Waals surface area contributed by atoms with Crippen LogP contribution in [0.15, 0.2) is 0 Å². The summed E-state index contributed by atoms with van der Waals surface area (Å²) in [7, 11) is 0. The molecule has 0 aromatic heterocycles. The van der Waals surface area contributed by atoms with Crippen LogP contribution in [0.5, 0.6) is 0 Å². The maximum absolute atomic E-state index is 12.8. The van der Waals surface area contributed by atoms with Crippen LogP contribution in [0, 0.1) is 23.7 Å². The van der Waals surface area contributed by atoms with Crippen molar-refractivity contribution in [3.63, 3.8) is 0 Å². The quantitative estimate of drug-likeness (QED) is 0.825. The van der Waals surface area contributed by atoms with E-state index in [1.54, 1.807) is 0 Å². The minimum atomic E-state index is -4.20. The third-order valence-corrected chi connectivity index (χ3v) is 5.96. The molecule has 5 atom stereocenters. The van der Waals surface area contributed by atoms with E-state index in [4.69, 9.17) is 0 Å². The van der Waals surface area contributed by atoms with Crippen molar-refractivity contribution < 1.29 is 18.0 Å². The van der Waals surface area contributed by atoms with E-state index in [0.29, 0.717) is 24.8 Å². The fraction of sp³-hybridized carbons (Fsp3) is 0.938. The Hall–Kier alpha value is -0.940. The Balaban J connectivity index is 1.53. The summed E-state index contributed by atoms with van der Waals surface area (Å²) in [4.78, 5) is 13.6. The molecule has 1 saturated heterocycles. The lowest BCUT2D eigenvalue weighted by Crippen LogP contribution is -2.52. The Bertz CT molecular complexity index is 426. The second-order valence-electron chi connectivity index (χ2n) is 7.40. The summed E-state index contributed by atoms with van der Waals surface area (Å²) in [5.74, 6) is 0.638. The standard InChI is InChI=1S/C16H25F3N2O/c1-10(14-8-11-4-5-12(14)7-11)20-15(22)21-6-2-3-13(9-21)16(17,18)19/h10-14H,2-9H2,1H3,(H,20,22)/t10-,11-,12-,13+,14-/m0/s1. The number of halogens is 3. The van der Waals surface area contributed by atoms with Gasteiger partial charge in [0.1, 0.15) is 0 Å². The molecule has 2 saturated carbocycles. The Morgan fingerprint density at radius 2 is 2.00 bits per heavy atom. The van der Waals surface area contributed by atoms with Crippen molar-refractivity contribution in [2.24, 2.45) is 23.7 Å². The van der Waals surface area contributed by atoms with Crippen molar-refractivity contribution in [3.8, 4) is 0 Å². The maximum atomic E-state index is 12.8. The number of rotatable bonds is 2. The SMILES string of the molecule is C[C@H](NC(=O)N1CCC[C@@H](C(F)(F)F)C1)[C@@H]1C[C@H]2CC[C@H]1C2. The van der Waals surface area contributed by atoms with Gasteiger partial charge in [-0.1, -0.05) is 6.42 Å². The molecule has 3 aliphatic rings. The van der Waals surface area contributed by atoms with Crippen LogP contribution in [0.3, 0.4) is 0 Å². The van der Waals surface area contributed by atoms with Crippen LogP contribution in [0.2, 0.25) is 0 Å². The van der Waals surface area contributed by atoms with Crippen LogP contribution in [-0.2, 0) is 0 Å². The van der Waals surface area contributed by atoms with Crippen molar-refractivity contribution in [1.82, 2.24) is 10.2 Å². The molecular weight excluding hydrogens is 293 g/mol. The molecule has 126 valence electrons. The lowest BCUT2D eigenvalue weighted by atomic mass is 9.84. The number of nitrogens with zero attached hydrogens (tertiary/aromatic N) is 1. The molecule has 0 aromatic rings. The smallest absolute Gasteiger partial charge is 0.335 e. The summed E-state index contributed by atoms with van der Waals surface area (Å²) in [5, 5.41) is 2.97. The highest BCUT2D eigenvalue weighted by atomic mass is 19.4. The fourth-order valence-electron chi connectivity index (χ4n) is 4.73. The van der Waals surface area contributed by atoms with Crippen LogP contribution in [0.1, 0.15) is 45.4 Å². The zero-order valence-electron chi connectivity index (χ0n) is 13.0. The molecule has 3 rings (SSSR count). The zero-order chi connectivity index (χ0) is 15.9. The Morgan fingerprint density at radius 1 is 1.23 bits per heavy atom. The minimum absolute atomic E-state index is 0.0639. The highest BCUT2D eigenvalue weighted by Crippen LogP contribution is 2.49. The molecule has 0 spiro atoms. The van der Waals surface area contributed by atoms with Gasteiger partial charge in [0.05, 0.1) is 5.92 Å². The number of nitrogens with one attached hydrogen (secondary N) is 1.